The van der Waals surface area contributed by atoms with Crippen molar-refractivity contribution < 1.29 is 8.42 Å². The third-order valence-corrected chi connectivity index (χ3v) is 5.51. The minimum atomic E-state index is -3.61. The Hall–Kier alpha value is -0.850. The van der Waals surface area contributed by atoms with Crippen molar-refractivity contribution in [3.63, 3.8) is 0 Å². The zero-order valence-corrected chi connectivity index (χ0v) is 14.9. The van der Waals surface area contributed by atoms with Gasteiger partial charge < -0.3 is 0 Å². The van der Waals surface area contributed by atoms with Gasteiger partial charge in [-0.25, -0.2) is 8.42 Å². The van der Waals surface area contributed by atoms with E-state index in [9.17, 15) is 8.42 Å². The number of rotatable bonds is 3. The van der Waals surface area contributed by atoms with Crippen LogP contribution >= 0.6 is 31.9 Å². The molecule has 3 nitrogen and oxygen atoms in total. The van der Waals surface area contributed by atoms with E-state index in [0.717, 1.165) is 15.6 Å². The van der Waals surface area contributed by atoms with Crippen molar-refractivity contribution in [2.24, 2.45) is 0 Å². The normalized spacial score (nSPS) is 11.4. The minimum absolute atomic E-state index is 0.208. The highest BCUT2D eigenvalue weighted by atomic mass is 79.9. The van der Waals surface area contributed by atoms with E-state index in [1.807, 2.05) is 19.9 Å². The molecule has 0 heterocycles. The molecule has 0 saturated carbocycles. The maximum absolute atomic E-state index is 12.4. The van der Waals surface area contributed by atoms with Gasteiger partial charge in [0.1, 0.15) is 4.90 Å². The first-order valence-electron chi connectivity index (χ1n) is 5.84. The molecule has 20 heavy (non-hydrogen) atoms. The summed E-state index contributed by atoms with van der Waals surface area (Å²) in [5.41, 5.74) is 2.59. The Morgan fingerprint density at radius 2 is 1.55 bits per heavy atom. The van der Waals surface area contributed by atoms with Gasteiger partial charge in [-0.05, 0) is 71.2 Å². The molecule has 0 aliphatic heterocycles. The van der Waals surface area contributed by atoms with Gasteiger partial charge in [0.15, 0.2) is 0 Å². The smallest absolute Gasteiger partial charge is 0.263 e. The molecule has 0 bridgehead atoms. The van der Waals surface area contributed by atoms with Crippen LogP contribution in [0.3, 0.4) is 0 Å². The van der Waals surface area contributed by atoms with Crippen molar-refractivity contribution in [1.82, 2.24) is 0 Å². The maximum Gasteiger partial charge on any atom is 0.263 e. The number of hydrogen-bond acceptors (Lipinski definition) is 2. The van der Waals surface area contributed by atoms with Gasteiger partial charge in [-0.3, -0.25) is 4.72 Å². The molecule has 106 valence electrons. The average Bonchev–Trinajstić information content (AvgIpc) is 2.25. The summed E-state index contributed by atoms with van der Waals surface area (Å²) in [4.78, 5) is 0.208. The van der Waals surface area contributed by atoms with Crippen LogP contribution in [0.15, 0.2) is 50.2 Å². The van der Waals surface area contributed by atoms with Crippen molar-refractivity contribution in [3.8, 4) is 0 Å². The van der Waals surface area contributed by atoms with Crippen LogP contribution in [0.25, 0.3) is 0 Å². The van der Waals surface area contributed by atoms with Gasteiger partial charge in [-0.2, -0.15) is 0 Å². The summed E-state index contributed by atoms with van der Waals surface area (Å²) in [6.07, 6.45) is 0. The Kier molecular flexibility index (Phi) is 4.56. The van der Waals surface area contributed by atoms with E-state index < -0.39 is 10.0 Å². The Morgan fingerprint density at radius 3 is 2.10 bits per heavy atom. The molecule has 1 N–H and O–H groups in total. The van der Waals surface area contributed by atoms with E-state index in [1.165, 1.54) is 0 Å². The predicted octanol–water partition coefficient (Wildman–Crippen LogP) is 4.63. The first kappa shape index (κ1) is 15.5. The molecular weight excluding hydrogens is 406 g/mol. The molecule has 0 atom stereocenters. The first-order valence-corrected chi connectivity index (χ1v) is 8.91. The van der Waals surface area contributed by atoms with Crippen LogP contribution in [-0.2, 0) is 10.0 Å². The number of sulfonamides is 1. The maximum atomic E-state index is 12.4. The standard InChI is InChI=1S/C14H13Br2NO2S/c1-9-5-10(2)7-12(6-9)17-20(18,19)14-4-3-11(15)8-13(14)16/h3-8,17H,1-2H3. The molecule has 0 fully saturated rings. The molecule has 0 aliphatic carbocycles. The quantitative estimate of drug-likeness (QED) is 0.789. The highest BCUT2D eigenvalue weighted by Crippen LogP contribution is 2.27. The highest BCUT2D eigenvalue weighted by Gasteiger charge is 2.18. The molecule has 2 rings (SSSR count). The minimum Gasteiger partial charge on any atom is -0.280 e. The molecule has 0 unspecified atom stereocenters. The van der Waals surface area contributed by atoms with Gasteiger partial charge >= 0.3 is 0 Å². The van der Waals surface area contributed by atoms with Crippen LogP contribution in [0.2, 0.25) is 0 Å². The Morgan fingerprint density at radius 1 is 0.950 bits per heavy atom. The second-order valence-electron chi connectivity index (χ2n) is 4.56. The van der Waals surface area contributed by atoms with E-state index in [4.69, 9.17) is 0 Å². The lowest BCUT2D eigenvalue weighted by Crippen LogP contribution is -2.13. The van der Waals surface area contributed by atoms with Gasteiger partial charge in [0.2, 0.25) is 0 Å². The number of benzene rings is 2. The number of aryl methyl sites for hydroxylation is 2. The molecule has 0 spiro atoms. The largest absolute Gasteiger partial charge is 0.280 e. The van der Waals surface area contributed by atoms with E-state index in [1.54, 1.807) is 30.3 Å². The van der Waals surface area contributed by atoms with Crippen molar-refractivity contribution in [2.45, 2.75) is 18.7 Å². The van der Waals surface area contributed by atoms with Crippen LogP contribution in [0.1, 0.15) is 11.1 Å². The van der Waals surface area contributed by atoms with Gasteiger partial charge in [0.25, 0.3) is 10.0 Å². The molecular formula is C14H13Br2NO2S. The summed E-state index contributed by atoms with van der Waals surface area (Å²) in [6, 6.07) is 10.6. The van der Waals surface area contributed by atoms with E-state index in [-0.39, 0.29) is 4.90 Å². The zero-order valence-electron chi connectivity index (χ0n) is 10.9. The van der Waals surface area contributed by atoms with Crippen LogP contribution in [0.5, 0.6) is 0 Å². The van der Waals surface area contributed by atoms with Crippen LogP contribution < -0.4 is 4.72 Å². The summed E-state index contributed by atoms with van der Waals surface area (Å²) >= 11 is 6.58. The van der Waals surface area contributed by atoms with Crippen molar-refractivity contribution in [2.75, 3.05) is 4.72 Å². The fourth-order valence-corrected chi connectivity index (χ4v) is 4.72. The number of nitrogens with one attached hydrogen (secondary N) is 1. The SMILES string of the molecule is Cc1cc(C)cc(NS(=O)(=O)c2ccc(Br)cc2Br)c1. The third-order valence-electron chi connectivity index (χ3n) is 2.66. The molecule has 0 aliphatic rings. The molecule has 0 radical (unpaired) electrons. The lowest BCUT2D eigenvalue weighted by molar-refractivity contribution is 0.600. The van der Waals surface area contributed by atoms with Gasteiger partial charge in [0.05, 0.1) is 0 Å². The fraction of sp³-hybridized carbons (Fsp3) is 0.143. The van der Waals surface area contributed by atoms with Crippen molar-refractivity contribution in [1.29, 1.82) is 0 Å². The first-order chi connectivity index (χ1) is 9.28. The number of hydrogen-bond donors (Lipinski definition) is 1. The van der Waals surface area contributed by atoms with E-state index in [0.29, 0.717) is 10.2 Å². The molecule has 0 aromatic heterocycles. The second-order valence-corrected chi connectivity index (χ2v) is 7.98. The summed E-state index contributed by atoms with van der Waals surface area (Å²) in [6.45, 7) is 3.86. The molecule has 2 aromatic carbocycles. The average molecular weight is 419 g/mol. The van der Waals surface area contributed by atoms with Crippen LogP contribution in [0.4, 0.5) is 5.69 Å². The topological polar surface area (TPSA) is 46.2 Å². The number of halogens is 2. The zero-order chi connectivity index (χ0) is 14.9. The fourth-order valence-electron chi connectivity index (χ4n) is 1.94. The summed E-state index contributed by atoms with van der Waals surface area (Å²) in [5.74, 6) is 0. The highest BCUT2D eigenvalue weighted by molar-refractivity contribution is 9.11. The summed E-state index contributed by atoms with van der Waals surface area (Å²) < 4.78 is 28.7. The van der Waals surface area contributed by atoms with Gasteiger partial charge in [-0.15, -0.1) is 0 Å². The van der Waals surface area contributed by atoms with E-state index >= 15 is 0 Å². The van der Waals surface area contributed by atoms with Crippen LogP contribution in [0, 0.1) is 13.8 Å². The lowest BCUT2D eigenvalue weighted by Gasteiger charge is -2.11. The molecule has 6 heteroatoms. The summed E-state index contributed by atoms with van der Waals surface area (Å²) in [7, 11) is -3.61. The predicted molar refractivity (Wildman–Crippen MR) is 88.6 cm³/mol. The van der Waals surface area contributed by atoms with Crippen molar-refractivity contribution >= 4 is 47.6 Å². The van der Waals surface area contributed by atoms with Crippen LogP contribution in [-0.4, -0.2) is 8.42 Å². The molecule has 0 saturated heterocycles. The Bertz CT molecular complexity index is 738. The van der Waals surface area contributed by atoms with Gasteiger partial charge in [0, 0.05) is 14.6 Å². The second kappa shape index (κ2) is 5.87. The lowest BCUT2D eigenvalue weighted by atomic mass is 10.1. The monoisotopic (exact) mass is 417 g/mol. The van der Waals surface area contributed by atoms with Crippen molar-refractivity contribution in [3.05, 3.63) is 56.5 Å². The third kappa shape index (κ3) is 3.62. The van der Waals surface area contributed by atoms with E-state index in [2.05, 4.69) is 36.6 Å². The number of anilines is 1. The Labute approximate surface area is 135 Å². The molecule has 0 amide bonds. The molecule has 2 aromatic rings. The summed E-state index contributed by atoms with van der Waals surface area (Å²) in [5, 5.41) is 0. The van der Waals surface area contributed by atoms with Gasteiger partial charge in [-0.1, -0.05) is 22.0 Å². The Balaban J connectivity index is 2.40.